The largest absolute Gasteiger partial charge is 0.399 e. The first kappa shape index (κ1) is 39.3. The fourth-order valence-corrected chi connectivity index (χ4v) is 8.18. The maximum Gasteiger partial charge on any atom is 0.0316 e. The molecular weight excluding hydrogens is 605 g/mol. The number of hydrogen-bond donors (Lipinski definition) is 2. The molecule has 0 aliphatic heterocycles. The van der Waals surface area contributed by atoms with Crippen molar-refractivity contribution in [3.8, 4) is 0 Å². The van der Waals surface area contributed by atoms with E-state index in [1.165, 1.54) is 134 Å². The van der Waals surface area contributed by atoms with Gasteiger partial charge in [0.25, 0.3) is 0 Å². The van der Waals surface area contributed by atoms with E-state index in [1.54, 1.807) is 0 Å². The van der Waals surface area contributed by atoms with Gasteiger partial charge < -0.3 is 11.5 Å². The van der Waals surface area contributed by atoms with Crippen LogP contribution in [-0.4, -0.2) is 0 Å². The molecule has 2 unspecified atom stereocenters. The molecule has 0 saturated heterocycles. The van der Waals surface area contributed by atoms with E-state index >= 15 is 0 Å². The second-order valence-corrected chi connectivity index (χ2v) is 15.1. The molecule has 4 rings (SSSR count). The lowest BCUT2D eigenvalue weighted by Gasteiger charge is -2.24. The highest BCUT2D eigenvalue weighted by Gasteiger charge is 2.21. The Morgan fingerprint density at radius 3 is 1.06 bits per heavy atom. The molecule has 0 aromatic heterocycles. The number of hydrogen-bond acceptors (Lipinski definition) is 2. The van der Waals surface area contributed by atoms with E-state index < -0.39 is 0 Å². The molecule has 0 amide bonds. The lowest BCUT2D eigenvalue weighted by Crippen LogP contribution is -2.07. The van der Waals surface area contributed by atoms with Gasteiger partial charge in [0.05, 0.1) is 0 Å². The minimum atomic E-state index is 0.397. The molecule has 0 radical (unpaired) electrons. The quantitative estimate of drug-likeness (QED) is 0.0645. The van der Waals surface area contributed by atoms with Gasteiger partial charge in [0.15, 0.2) is 0 Å². The summed E-state index contributed by atoms with van der Waals surface area (Å²) in [5, 5.41) is 0. The SMILES string of the molecule is CCCCCCCCC(c1ccc(C(CCC)c2ccc(C(CCCCCCCC)c3ccc(N)cc3C)cc2)cc1)c1ccc(N)cc1C. The monoisotopic (exact) mass is 673 g/mol. The van der Waals surface area contributed by atoms with Gasteiger partial charge in [-0.15, -0.1) is 0 Å². The minimum Gasteiger partial charge on any atom is -0.399 e. The fraction of sp³-hybridized carbons (Fsp3) is 0.500. The van der Waals surface area contributed by atoms with Gasteiger partial charge in [-0.05, 0) is 102 Å². The molecule has 2 nitrogen and oxygen atoms in total. The third kappa shape index (κ3) is 11.5. The summed E-state index contributed by atoms with van der Waals surface area (Å²) in [4.78, 5) is 0. The molecule has 0 spiro atoms. The number of anilines is 2. The molecule has 2 heteroatoms. The maximum atomic E-state index is 6.18. The van der Waals surface area contributed by atoms with Crippen LogP contribution in [0.1, 0.15) is 186 Å². The molecule has 0 aliphatic carbocycles. The van der Waals surface area contributed by atoms with Crippen LogP contribution in [0.4, 0.5) is 11.4 Å². The van der Waals surface area contributed by atoms with Gasteiger partial charge >= 0.3 is 0 Å². The molecule has 0 fully saturated rings. The summed E-state index contributed by atoms with van der Waals surface area (Å²) in [7, 11) is 0. The number of rotatable bonds is 22. The number of nitrogens with two attached hydrogens (primary N) is 2. The van der Waals surface area contributed by atoms with E-state index in [1.807, 2.05) is 0 Å². The molecule has 2 atom stereocenters. The lowest BCUT2D eigenvalue weighted by molar-refractivity contribution is 0.567. The number of aryl methyl sites for hydroxylation is 2. The van der Waals surface area contributed by atoms with Crippen LogP contribution in [0.3, 0.4) is 0 Å². The fourth-order valence-electron chi connectivity index (χ4n) is 8.18. The van der Waals surface area contributed by atoms with Crippen molar-refractivity contribution in [1.29, 1.82) is 0 Å². The highest BCUT2D eigenvalue weighted by Crippen LogP contribution is 2.38. The third-order valence-electron chi connectivity index (χ3n) is 11.1. The van der Waals surface area contributed by atoms with E-state index in [2.05, 4.69) is 120 Å². The molecule has 4 aromatic rings. The Morgan fingerprint density at radius 2 is 0.720 bits per heavy atom. The van der Waals surface area contributed by atoms with Gasteiger partial charge in [0.1, 0.15) is 0 Å². The summed E-state index contributed by atoms with van der Waals surface area (Å²) in [5.41, 5.74) is 25.2. The summed E-state index contributed by atoms with van der Waals surface area (Å²) in [5.74, 6) is 1.20. The zero-order valence-corrected chi connectivity index (χ0v) is 32.3. The van der Waals surface area contributed by atoms with Crippen molar-refractivity contribution in [2.75, 3.05) is 11.5 Å². The Balaban J connectivity index is 1.55. The zero-order valence-electron chi connectivity index (χ0n) is 32.3. The Bertz CT molecular complexity index is 1420. The molecule has 0 aliphatic rings. The summed E-state index contributed by atoms with van der Waals surface area (Å²) in [6, 6.07) is 32.4. The number of nitrogen functional groups attached to an aromatic ring is 2. The van der Waals surface area contributed by atoms with Crippen molar-refractivity contribution in [3.63, 3.8) is 0 Å². The first-order valence-corrected chi connectivity index (χ1v) is 20.3. The lowest BCUT2D eigenvalue weighted by atomic mass is 9.81. The highest BCUT2D eigenvalue weighted by molar-refractivity contribution is 5.50. The van der Waals surface area contributed by atoms with E-state index in [0.717, 1.165) is 24.2 Å². The summed E-state index contributed by atoms with van der Waals surface area (Å²) in [6.45, 7) is 11.3. The second-order valence-electron chi connectivity index (χ2n) is 15.1. The smallest absolute Gasteiger partial charge is 0.0316 e. The normalized spacial score (nSPS) is 13.3. The van der Waals surface area contributed by atoms with Gasteiger partial charge in [0, 0.05) is 29.1 Å². The highest BCUT2D eigenvalue weighted by atomic mass is 14.5. The second kappa shape index (κ2) is 21.0. The minimum absolute atomic E-state index is 0.397. The van der Waals surface area contributed by atoms with E-state index in [9.17, 15) is 0 Å². The maximum absolute atomic E-state index is 6.18. The molecule has 0 saturated carbocycles. The van der Waals surface area contributed by atoms with Crippen molar-refractivity contribution in [1.82, 2.24) is 0 Å². The predicted octanol–water partition coefficient (Wildman–Crippen LogP) is 14.2. The molecule has 4 aromatic carbocycles. The summed E-state index contributed by atoms with van der Waals surface area (Å²) < 4.78 is 0. The van der Waals surface area contributed by atoms with Crippen LogP contribution in [0.5, 0.6) is 0 Å². The van der Waals surface area contributed by atoms with Crippen LogP contribution in [0.2, 0.25) is 0 Å². The third-order valence-corrected chi connectivity index (χ3v) is 11.1. The van der Waals surface area contributed by atoms with E-state index in [0.29, 0.717) is 17.8 Å². The standard InChI is InChI=1S/C48H68N2/c1-6-9-11-13-15-17-20-47(44-32-30-42(49)34-36(44)4)40-26-22-38(23-27-40)46(19-8-3)39-24-28-41(29-25-39)48(21-18-16-14-12-10-7-2)45-33-31-43(50)35-37(45)5/h22-35,46-48H,6-21,49-50H2,1-5H3. The van der Waals surface area contributed by atoms with Gasteiger partial charge in [-0.1, -0.05) is 165 Å². The molecule has 0 bridgehead atoms. The zero-order chi connectivity index (χ0) is 35.7. The molecule has 270 valence electrons. The molecular formula is C48H68N2. The van der Waals surface area contributed by atoms with Crippen molar-refractivity contribution in [3.05, 3.63) is 129 Å². The van der Waals surface area contributed by atoms with Crippen LogP contribution < -0.4 is 11.5 Å². The number of unbranched alkanes of at least 4 members (excludes halogenated alkanes) is 10. The van der Waals surface area contributed by atoms with Gasteiger partial charge in [-0.25, -0.2) is 0 Å². The topological polar surface area (TPSA) is 52.0 Å². The molecule has 4 N–H and O–H groups in total. The van der Waals surface area contributed by atoms with Crippen LogP contribution in [-0.2, 0) is 0 Å². The molecule has 50 heavy (non-hydrogen) atoms. The van der Waals surface area contributed by atoms with Crippen molar-refractivity contribution in [2.45, 2.75) is 155 Å². The van der Waals surface area contributed by atoms with Crippen LogP contribution in [0.15, 0.2) is 84.9 Å². The van der Waals surface area contributed by atoms with Crippen molar-refractivity contribution in [2.24, 2.45) is 0 Å². The van der Waals surface area contributed by atoms with Crippen LogP contribution in [0.25, 0.3) is 0 Å². The summed E-state index contributed by atoms with van der Waals surface area (Å²) >= 11 is 0. The Morgan fingerprint density at radius 1 is 0.380 bits per heavy atom. The van der Waals surface area contributed by atoms with Crippen LogP contribution in [0, 0.1) is 13.8 Å². The van der Waals surface area contributed by atoms with Gasteiger partial charge in [-0.2, -0.15) is 0 Å². The van der Waals surface area contributed by atoms with E-state index in [4.69, 9.17) is 11.5 Å². The average Bonchev–Trinajstić information content (AvgIpc) is 3.11. The number of benzene rings is 4. The Kier molecular flexibility index (Phi) is 16.5. The molecule has 0 heterocycles. The Hall–Kier alpha value is -3.52. The summed E-state index contributed by atoms with van der Waals surface area (Å²) in [6.07, 6.45) is 20.5. The first-order chi connectivity index (χ1) is 24.4. The van der Waals surface area contributed by atoms with Crippen molar-refractivity contribution < 1.29 is 0 Å². The van der Waals surface area contributed by atoms with Crippen molar-refractivity contribution >= 4 is 11.4 Å². The van der Waals surface area contributed by atoms with E-state index in [-0.39, 0.29) is 0 Å². The first-order valence-electron chi connectivity index (χ1n) is 20.3. The average molecular weight is 673 g/mol. The van der Waals surface area contributed by atoms with Gasteiger partial charge in [-0.3, -0.25) is 0 Å². The van der Waals surface area contributed by atoms with Gasteiger partial charge in [0.2, 0.25) is 0 Å². The Labute approximate surface area is 306 Å². The predicted molar refractivity (Wildman–Crippen MR) is 220 cm³/mol. The van der Waals surface area contributed by atoms with Crippen LogP contribution >= 0.6 is 0 Å².